The Bertz CT molecular complexity index is 1110. The standard InChI is InChI=1S/C19H15N3O3S/c23-17(12-22-15-8-4-5-9-16(15)25-19(22)24)21-18-20-11-14(26-18)10-13-6-2-1-3-7-13/h1-9,11H,10,12H2,(H,20,21,23). The maximum absolute atomic E-state index is 12.3. The van der Waals surface area contributed by atoms with Gasteiger partial charge in [0, 0.05) is 17.5 Å². The van der Waals surface area contributed by atoms with Gasteiger partial charge in [-0.2, -0.15) is 0 Å². The number of nitrogens with one attached hydrogen (secondary N) is 1. The van der Waals surface area contributed by atoms with Crippen molar-refractivity contribution in [1.82, 2.24) is 9.55 Å². The number of anilines is 1. The predicted octanol–water partition coefficient (Wildman–Crippen LogP) is 3.28. The van der Waals surface area contributed by atoms with Crippen LogP contribution in [0.1, 0.15) is 10.4 Å². The Morgan fingerprint density at radius 1 is 1.12 bits per heavy atom. The van der Waals surface area contributed by atoms with Gasteiger partial charge in [-0.25, -0.2) is 9.78 Å². The molecule has 0 spiro atoms. The highest BCUT2D eigenvalue weighted by Gasteiger charge is 2.13. The summed E-state index contributed by atoms with van der Waals surface area (Å²) in [5.74, 6) is -0.871. The average molecular weight is 365 g/mol. The Labute approximate surface area is 152 Å². The summed E-state index contributed by atoms with van der Waals surface area (Å²) < 4.78 is 6.44. The number of fused-ring (bicyclic) bond motifs is 1. The van der Waals surface area contributed by atoms with Crippen molar-refractivity contribution in [3.05, 3.63) is 81.8 Å². The smallest absolute Gasteiger partial charge is 0.408 e. The molecular weight excluding hydrogens is 350 g/mol. The predicted molar refractivity (Wildman–Crippen MR) is 100 cm³/mol. The van der Waals surface area contributed by atoms with Crippen LogP contribution in [-0.4, -0.2) is 15.5 Å². The Kier molecular flexibility index (Phi) is 4.37. The average Bonchev–Trinajstić information content (AvgIpc) is 3.20. The van der Waals surface area contributed by atoms with Crippen LogP contribution >= 0.6 is 11.3 Å². The van der Waals surface area contributed by atoms with E-state index in [-0.39, 0.29) is 12.5 Å². The lowest BCUT2D eigenvalue weighted by Gasteiger charge is -2.02. The van der Waals surface area contributed by atoms with E-state index in [9.17, 15) is 9.59 Å². The van der Waals surface area contributed by atoms with Gasteiger partial charge in [-0.15, -0.1) is 11.3 Å². The third-order valence-electron chi connectivity index (χ3n) is 3.90. The monoisotopic (exact) mass is 365 g/mol. The summed E-state index contributed by atoms with van der Waals surface area (Å²) in [6.45, 7) is -0.122. The molecule has 130 valence electrons. The van der Waals surface area contributed by atoms with Crippen LogP contribution in [0.3, 0.4) is 0 Å². The number of thiazole rings is 1. The van der Waals surface area contributed by atoms with E-state index < -0.39 is 5.76 Å². The number of para-hydroxylation sites is 2. The van der Waals surface area contributed by atoms with Crippen molar-refractivity contribution in [2.24, 2.45) is 0 Å². The summed E-state index contributed by atoms with van der Waals surface area (Å²) in [4.78, 5) is 29.5. The van der Waals surface area contributed by atoms with Crippen LogP contribution in [0.15, 0.2) is 70.0 Å². The first-order chi connectivity index (χ1) is 12.7. The molecule has 2 aromatic heterocycles. The highest BCUT2D eigenvalue weighted by atomic mass is 32.1. The van der Waals surface area contributed by atoms with Crippen molar-refractivity contribution in [3.63, 3.8) is 0 Å². The van der Waals surface area contributed by atoms with Crippen LogP contribution in [0.5, 0.6) is 0 Å². The van der Waals surface area contributed by atoms with E-state index >= 15 is 0 Å². The second-order valence-electron chi connectivity index (χ2n) is 5.76. The molecule has 0 aliphatic heterocycles. The van der Waals surface area contributed by atoms with Crippen molar-refractivity contribution in [1.29, 1.82) is 0 Å². The molecule has 1 N–H and O–H groups in total. The zero-order valence-electron chi connectivity index (χ0n) is 13.7. The number of aromatic nitrogens is 2. The van der Waals surface area contributed by atoms with Crippen molar-refractivity contribution in [2.45, 2.75) is 13.0 Å². The summed E-state index contributed by atoms with van der Waals surface area (Å²) in [7, 11) is 0. The SMILES string of the molecule is O=C(Cn1c(=O)oc2ccccc21)Nc1ncc(Cc2ccccc2)s1. The topological polar surface area (TPSA) is 77.1 Å². The molecule has 2 heterocycles. The van der Waals surface area contributed by atoms with E-state index in [0.29, 0.717) is 16.2 Å². The maximum Gasteiger partial charge on any atom is 0.420 e. The summed E-state index contributed by atoms with van der Waals surface area (Å²) in [6, 6.07) is 17.1. The minimum atomic E-state index is -0.551. The molecule has 0 aliphatic rings. The fraction of sp³-hybridized carbons (Fsp3) is 0.105. The number of amides is 1. The Morgan fingerprint density at radius 3 is 2.73 bits per heavy atom. The van der Waals surface area contributed by atoms with Gasteiger partial charge in [-0.1, -0.05) is 42.5 Å². The number of hydrogen-bond donors (Lipinski definition) is 1. The normalized spacial score (nSPS) is 10.9. The van der Waals surface area contributed by atoms with Gasteiger partial charge in [0.05, 0.1) is 5.52 Å². The van der Waals surface area contributed by atoms with Gasteiger partial charge in [0.1, 0.15) is 6.54 Å². The lowest BCUT2D eigenvalue weighted by Crippen LogP contribution is -2.24. The van der Waals surface area contributed by atoms with E-state index in [1.165, 1.54) is 21.5 Å². The van der Waals surface area contributed by atoms with Crippen LogP contribution in [0.4, 0.5) is 5.13 Å². The van der Waals surface area contributed by atoms with Gasteiger partial charge in [0.15, 0.2) is 10.7 Å². The molecule has 1 amide bonds. The van der Waals surface area contributed by atoms with E-state index in [1.807, 2.05) is 18.2 Å². The largest absolute Gasteiger partial charge is 0.420 e. The molecule has 0 unspecified atom stereocenters. The molecule has 0 bridgehead atoms. The fourth-order valence-electron chi connectivity index (χ4n) is 2.71. The molecule has 6 nitrogen and oxygen atoms in total. The minimum absolute atomic E-state index is 0.122. The molecule has 7 heteroatoms. The number of nitrogens with zero attached hydrogens (tertiary/aromatic N) is 2. The Balaban J connectivity index is 1.45. The molecule has 0 fully saturated rings. The van der Waals surface area contributed by atoms with Gasteiger partial charge >= 0.3 is 5.76 Å². The maximum atomic E-state index is 12.3. The number of carbonyl (C=O) groups is 1. The van der Waals surface area contributed by atoms with Crippen LogP contribution < -0.4 is 11.1 Å². The molecule has 0 atom stereocenters. The van der Waals surface area contributed by atoms with Crippen molar-refractivity contribution < 1.29 is 9.21 Å². The van der Waals surface area contributed by atoms with E-state index in [1.54, 1.807) is 30.5 Å². The zero-order valence-corrected chi connectivity index (χ0v) is 14.5. The molecule has 0 radical (unpaired) electrons. The van der Waals surface area contributed by atoms with Crippen LogP contribution in [0.25, 0.3) is 11.1 Å². The molecule has 2 aromatic carbocycles. The fourth-order valence-corrected chi connectivity index (χ4v) is 3.57. The van der Waals surface area contributed by atoms with Crippen LogP contribution in [0.2, 0.25) is 0 Å². The van der Waals surface area contributed by atoms with Gasteiger partial charge in [0.2, 0.25) is 5.91 Å². The summed E-state index contributed by atoms with van der Waals surface area (Å²) in [5.41, 5.74) is 2.24. The number of carbonyl (C=O) groups excluding carboxylic acids is 1. The van der Waals surface area contributed by atoms with Crippen molar-refractivity contribution in [2.75, 3.05) is 5.32 Å². The molecule has 0 aliphatic carbocycles. The third-order valence-corrected chi connectivity index (χ3v) is 4.81. The molecule has 26 heavy (non-hydrogen) atoms. The number of hydrogen-bond acceptors (Lipinski definition) is 5. The summed E-state index contributed by atoms with van der Waals surface area (Å²) >= 11 is 1.42. The second-order valence-corrected chi connectivity index (χ2v) is 6.88. The van der Waals surface area contributed by atoms with Crippen LogP contribution in [-0.2, 0) is 17.8 Å². The number of oxazole rings is 1. The Hall–Kier alpha value is -3.19. The first-order valence-corrected chi connectivity index (χ1v) is 8.87. The van der Waals surface area contributed by atoms with Crippen molar-refractivity contribution >= 4 is 33.5 Å². The number of benzene rings is 2. The van der Waals surface area contributed by atoms with Crippen LogP contribution in [0, 0.1) is 0 Å². The second kappa shape index (κ2) is 6.97. The molecular formula is C19H15N3O3S. The highest BCUT2D eigenvalue weighted by Crippen LogP contribution is 2.21. The van der Waals surface area contributed by atoms with E-state index in [0.717, 1.165) is 11.3 Å². The van der Waals surface area contributed by atoms with E-state index in [4.69, 9.17) is 4.42 Å². The Morgan fingerprint density at radius 2 is 1.88 bits per heavy atom. The van der Waals surface area contributed by atoms with Gasteiger partial charge in [0.25, 0.3) is 0 Å². The molecule has 4 aromatic rings. The van der Waals surface area contributed by atoms with Gasteiger partial charge in [-0.3, -0.25) is 9.36 Å². The summed E-state index contributed by atoms with van der Waals surface area (Å²) in [5, 5.41) is 3.26. The highest BCUT2D eigenvalue weighted by molar-refractivity contribution is 7.15. The van der Waals surface area contributed by atoms with E-state index in [2.05, 4.69) is 22.4 Å². The van der Waals surface area contributed by atoms with Crippen molar-refractivity contribution in [3.8, 4) is 0 Å². The number of rotatable bonds is 5. The quantitative estimate of drug-likeness (QED) is 0.589. The zero-order chi connectivity index (χ0) is 17.9. The lowest BCUT2D eigenvalue weighted by atomic mass is 10.1. The molecule has 0 saturated heterocycles. The molecule has 4 rings (SSSR count). The van der Waals surface area contributed by atoms with Gasteiger partial charge in [-0.05, 0) is 17.7 Å². The molecule has 0 saturated carbocycles. The minimum Gasteiger partial charge on any atom is -0.408 e. The van der Waals surface area contributed by atoms with Gasteiger partial charge < -0.3 is 9.73 Å². The first-order valence-electron chi connectivity index (χ1n) is 8.06. The third kappa shape index (κ3) is 3.43. The first kappa shape index (κ1) is 16.3. The summed E-state index contributed by atoms with van der Waals surface area (Å²) in [6.07, 6.45) is 2.52. The lowest BCUT2D eigenvalue weighted by molar-refractivity contribution is -0.116.